The maximum Gasteiger partial charge on any atom is 0.0468 e. The molecule has 0 saturated carbocycles. The molecule has 0 bridgehead atoms. The number of thiophene rings is 2. The van der Waals surface area contributed by atoms with E-state index in [-0.39, 0.29) is 0 Å². The fraction of sp³-hybridized carbons (Fsp3) is 0.138. The highest BCUT2D eigenvalue weighted by Crippen LogP contribution is 2.48. The highest BCUT2D eigenvalue weighted by atomic mass is 32.1. The lowest BCUT2D eigenvalue weighted by Gasteiger charge is -2.27. The van der Waals surface area contributed by atoms with Crippen LogP contribution in [0.2, 0.25) is 0 Å². The van der Waals surface area contributed by atoms with Gasteiger partial charge in [0.1, 0.15) is 0 Å². The molecule has 4 heteroatoms. The lowest BCUT2D eigenvalue weighted by Crippen LogP contribution is -2.11. The van der Waals surface area contributed by atoms with Crippen LogP contribution in [0, 0.1) is 55.4 Å². The molecule has 0 saturated heterocycles. The topological polar surface area (TPSA) is 6.48 Å². The van der Waals surface area contributed by atoms with E-state index in [2.05, 4.69) is 211 Å². The summed E-state index contributed by atoms with van der Waals surface area (Å²) in [6.07, 6.45) is 0. The van der Waals surface area contributed by atoms with Crippen molar-refractivity contribution in [2.24, 2.45) is 0 Å². The van der Waals surface area contributed by atoms with Crippen LogP contribution < -0.4 is 9.80 Å². The van der Waals surface area contributed by atoms with Gasteiger partial charge in [0.25, 0.3) is 0 Å². The number of hydrogen-bond acceptors (Lipinski definition) is 4. The molecule has 0 aliphatic rings. The zero-order chi connectivity index (χ0) is 42.6. The molecule has 0 aliphatic carbocycles. The summed E-state index contributed by atoms with van der Waals surface area (Å²) < 4.78 is 5.36. The first-order valence-electron chi connectivity index (χ1n) is 21.5. The quantitative estimate of drug-likeness (QED) is 0.165. The van der Waals surface area contributed by atoms with Gasteiger partial charge in [0.15, 0.2) is 0 Å². The maximum absolute atomic E-state index is 2.44. The smallest absolute Gasteiger partial charge is 0.0468 e. The Morgan fingerprint density at radius 2 is 0.661 bits per heavy atom. The molecule has 0 amide bonds. The molecule has 2 nitrogen and oxygen atoms in total. The summed E-state index contributed by atoms with van der Waals surface area (Å²) in [6.45, 7) is 17.5. The summed E-state index contributed by atoms with van der Waals surface area (Å²) in [7, 11) is 0. The molecular weight excluding hydrogens is 789 g/mol. The zero-order valence-electron chi connectivity index (χ0n) is 36.6. The van der Waals surface area contributed by atoms with Crippen LogP contribution in [0.25, 0.3) is 61.9 Å². The fourth-order valence-electron chi connectivity index (χ4n) is 10.0. The van der Waals surface area contributed by atoms with E-state index in [1.54, 1.807) is 0 Å². The molecule has 0 aliphatic heterocycles. The Balaban J connectivity index is 1.04. The summed E-state index contributed by atoms with van der Waals surface area (Å²) in [6, 6.07) is 55.8. The molecule has 302 valence electrons. The van der Waals surface area contributed by atoms with Gasteiger partial charge in [-0.05, 0) is 225 Å². The van der Waals surface area contributed by atoms with Crippen molar-refractivity contribution in [1.82, 2.24) is 0 Å². The molecule has 62 heavy (non-hydrogen) atoms. The third kappa shape index (κ3) is 6.70. The van der Waals surface area contributed by atoms with Crippen molar-refractivity contribution in [3.63, 3.8) is 0 Å². The van der Waals surface area contributed by atoms with Crippen LogP contribution in [-0.2, 0) is 0 Å². The van der Waals surface area contributed by atoms with Crippen molar-refractivity contribution in [2.45, 2.75) is 55.4 Å². The van der Waals surface area contributed by atoms with Gasteiger partial charge in [-0.25, -0.2) is 0 Å². The molecule has 11 aromatic rings. The number of nitrogens with zero attached hydrogens (tertiary/aromatic N) is 2. The molecule has 2 aromatic heterocycles. The second-order valence-corrected chi connectivity index (χ2v) is 20.0. The highest BCUT2D eigenvalue weighted by Gasteiger charge is 2.20. The van der Waals surface area contributed by atoms with E-state index in [0.717, 1.165) is 0 Å². The average molecular weight is 837 g/mol. The van der Waals surface area contributed by atoms with Crippen LogP contribution in [0.5, 0.6) is 0 Å². The predicted octanol–water partition coefficient (Wildman–Crippen LogP) is 18.1. The minimum Gasteiger partial charge on any atom is -0.310 e. The summed E-state index contributed by atoms with van der Waals surface area (Å²) in [5.41, 5.74) is 17.2. The van der Waals surface area contributed by atoms with Gasteiger partial charge >= 0.3 is 0 Å². The van der Waals surface area contributed by atoms with Gasteiger partial charge in [-0.1, -0.05) is 42.5 Å². The number of hydrogen-bond donors (Lipinski definition) is 0. The van der Waals surface area contributed by atoms with E-state index in [4.69, 9.17) is 0 Å². The average Bonchev–Trinajstić information content (AvgIpc) is 3.75. The van der Waals surface area contributed by atoms with Crippen molar-refractivity contribution in [3.05, 3.63) is 190 Å². The number of benzene rings is 9. The van der Waals surface area contributed by atoms with E-state index in [1.807, 2.05) is 22.7 Å². The molecule has 0 atom stereocenters. The second-order valence-electron chi connectivity index (χ2n) is 17.8. The van der Waals surface area contributed by atoms with Gasteiger partial charge in [0.05, 0.1) is 0 Å². The number of aryl methyl sites for hydroxylation is 8. The van der Waals surface area contributed by atoms with Gasteiger partial charge in [0.2, 0.25) is 0 Å². The van der Waals surface area contributed by atoms with Gasteiger partial charge in [-0.3, -0.25) is 0 Å². The molecule has 0 spiro atoms. The first kappa shape index (κ1) is 38.5. The molecule has 2 heterocycles. The summed E-state index contributed by atoms with van der Waals surface area (Å²) in [5, 5.41) is 10.4. The molecule has 0 N–H and O–H groups in total. The Labute approximate surface area is 371 Å². The van der Waals surface area contributed by atoms with Crippen LogP contribution in [0.4, 0.5) is 34.1 Å². The maximum atomic E-state index is 2.44. The van der Waals surface area contributed by atoms with E-state index in [9.17, 15) is 0 Å². The van der Waals surface area contributed by atoms with E-state index >= 15 is 0 Å². The molecule has 11 rings (SSSR count). The Morgan fingerprint density at radius 1 is 0.274 bits per heavy atom. The molecule has 9 aromatic carbocycles. The van der Waals surface area contributed by atoms with Crippen LogP contribution in [0.3, 0.4) is 0 Å². The third-order valence-corrected chi connectivity index (χ3v) is 14.6. The van der Waals surface area contributed by atoms with Crippen LogP contribution in [0.15, 0.2) is 146 Å². The van der Waals surface area contributed by atoms with Crippen molar-refractivity contribution in [3.8, 4) is 0 Å². The Bertz CT molecular complexity index is 3460. The molecular formula is C58H48N2S2. The van der Waals surface area contributed by atoms with Crippen molar-refractivity contribution in [1.29, 1.82) is 0 Å². The standard InChI is InChI=1S/C58H48N2S2/c1-33-15-34(2)20-47(19-33)59(48-21-35(3)16-36(4)22-48)45-11-9-41-29-52-51-13-14-54-57(58(51)62-55(52)31-43(41)27-45)53-30-42-10-12-46(28-44(42)32-56(53)61-54)60(49-23-37(5)17-38(6)24-49)50-25-39(7)18-40(8)26-50/h9-32H,1-8H3. The minimum absolute atomic E-state index is 1.17. The molecule has 0 radical (unpaired) electrons. The molecule has 0 fully saturated rings. The fourth-order valence-corrected chi connectivity index (χ4v) is 12.5. The van der Waals surface area contributed by atoms with Crippen molar-refractivity contribution in [2.75, 3.05) is 9.80 Å². The van der Waals surface area contributed by atoms with Gasteiger partial charge < -0.3 is 9.80 Å². The van der Waals surface area contributed by atoms with Gasteiger partial charge in [0, 0.05) is 74.5 Å². The summed E-state index contributed by atoms with van der Waals surface area (Å²) in [4.78, 5) is 4.85. The number of fused-ring (bicyclic) bond motifs is 9. The molecule has 0 unspecified atom stereocenters. The van der Waals surface area contributed by atoms with Crippen molar-refractivity contribution < 1.29 is 0 Å². The minimum atomic E-state index is 1.17. The lowest BCUT2D eigenvalue weighted by molar-refractivity contribution is 1.24. The summed E-state index contributed by atoms with van der Waals surface area (Å²) >= 11 is 3.85. The predicted molar refractivity (Wildman–Crippen MR) is 274 cm³/mol. The van der Waals surface area contributed by atoms with Crippen LogP contribution in [-0.4, -0.2) is 0 Å². The highest BCUT2D eigenvalue weighted by molar-refractivity contribution is 7.29. The SMILES string of the molecule is Cc1cc(C)cc(N(c2cc(C)cc(C)c2)c2ccc3cc4c(cc3c2)sc2c4ccc3sc4cc5cc(N(c6cc(C)cc(C)c6)c6cc(C)cc(C)c6)ccc5cc4c32)c1. The zero-order valence-corrected chi connectivity index (χ0v) is 38.2. The first-order chi connectivity index (χ1) is 29.9. The normalized spacial score (nSPS) is 11.9. The van der Waals surface area contributed by atoms with Gasteiger partial charge in [-0.2, -0.15) is 0 Å². The van der Waals surface area contributed by atoms with Crippen LogP contribution in [0.1, 0.15) is 44.5 Å². The monoisotopic (exact) mass is 836 g/mol. The first-order valence-corrected chi connectivity index (χ1v) is 23.2. The Kier molecular flexibility index (Phi) is 9.05. The Morgan fingerprint density at radius 3 is 1.08 bits per heavy atom. The van der Waals surface area contributed by atoms with Gasteiger partial charge in [-0.15, -0.1) is 22.7 Å². The third-order valence-electron chi connectivity index (χ3n) is 12.3. The number of anilines is 6. The van der Waals surface area contributed by atoms with E-state index in [1.165, 1.54) is 141 Å². The van der Waals surface area contributed by atoms with Crippen molar-refractivity contribution >= 4 is 119 Å². The van der Waals surface area contributed by atoms with E-state index in [0.29, 0.717) is 0 Å². The largest absolute Gasteiger partial charge is 0.310 e. The second kappa shape index (κ2) is 14.6. The summed E-state index contributed by atoms with van der Waals surface area (Å²) in [5.74, 6) is 0. The number of rotatable bonds is 6. The Hall–Kier alpha value is -6.46. The van der Waals surface area contributed by atoms with Crippen LogP contribution >= 0.6 is 22.7 Å². The lowest BCUT2D eigenvalue weighted by atomic mass is 10.0. The van der Waals surface area contributed by atoms with E-state index < -0.39 is 0 Å².